The Morgan fingerprint density at radius 2 is 0.698 bits per heavy atom. The second kappa shape index (κ2) is 36.6. The third kappa shape index (κ3) is 36.4. The number of hydrogen-bond donors (Lipinski definition) is 0. The minimum atomic E-state index is -0.516. The van der Waals surface area contributed by atoms with Crippen LogP contribution >= 0.6 is 0 Å². The Morgan fingerprint density at radius 1 is 0.434 bits per heavy atom. The molecule has 0 saturated heterocycles. The Labute approximate surface area is 315 Å². The minimum absolute atomic E-state index is 0.0879. The lowest BCUT2D eigenvalue weighted by molar-refractivity contribution is -0.160. The predicted octanol–water partition coefficient (Wildman–Crippen LogP) is 2.42. The van der Waals surface area contributed by atoms with E-state index in [1.165, 1.54) is 0 Å². The smallest absolute Gasteiger partial charge is 0.332 e. The van der Waals surface area contributed by atoms with E-state index in [4.69, 9.17) is 66.3 Å². The molecular formula is C37H64O16. The third-order valence-corrected chi connectivity index (χ3v) is 6.24. The van der Waals surface area contributed by atoms with Gasteiger partial charge in [0.2, 0.25) is 0 Å². The number of ether oxygens (including phenoxy) is 14. The van der Waals surface area contributed by atoms with Crippen molar-refractivity contribution in [2.75, 3.05) is 165 Å². The zero-order chi connectivity index (χ0) is 38.3. The van der Waals surface area contributed by atoms with Crippen molar-refractivity contribution in [3.8, 4) is 5.75 Å². The number of hydrogen-bond acceptors (Lipinski definition) is 16. The van der Waals surface area contributed by atoms with Gasteiger partial charge in [-0.25, -0.2) is 4.79 Å². The fourth-order valence-electron chi connectivity index (χ4n) is 3.81. The Hall–Kier alpha value is -2.32. The van der Waals surface area contributed by atoms with Gasteiger partial charge in [0.1, 0.15) is 30.9 Å². The molecule has 0 unspecified atom stereocenters. The fraction of sp³-hybridized carbons (Fsp3) is 0.784. The van der Waals surface area contributed by atoms with Gasteiger partial charge in [0.25, 0.3) is 0 Å². The summed E-state index contributed by atoms with van der Waals surface area (Å²) in [5, 5.41) is 0. The summed E-state index contributed by atoms with van der Waals surface area (Å²) in [7, 11) is 0. The molecule has 1 aromatic rings. The van der Waals surface area contributed by atoms with Crippen LogP contribution in [0.5, 0.6) is 5.75 Å². The number of carbonyl (C=O) groups is 2. The molecule has 0 amide bonds. The van der Waals surface area contributed by atoms with Gasteiger partial charge >= 0.3 is 5.97 Å². The first kappa shape index (κ1) is 48.7. The van der Waals surface area contributed by atoms with Crippen molar-refractivity contribution in [3.63, 3.8) is 0 Å². The van der Waals surface area contributed by atoms with Crippen LogP contribution < -0.4 is 4.74 Å². The highest BCUT2D eigenvalue weighted by Gasteiger charge is 2.15. The molecule has 0 aliphatic heterocycles. The summed E-state index contributed by atoms with van der Waals surface area (Å²) >= 11 is 0. The molecule has 0 fully saturated rings. The van der Waals surface area contributed by atoms with Gasteiger partial charge in [-0.05, 0) is 45.0 Å². The van der Waals surface area contributed by atoms with Crippen LogP contribution in [-0.2, 0) is 66.4 Å². The maximum Gasteiger partial charge on any atom is 0.332 e. The Morgan fingerprint density at radius 3 is 0.962 bits per heavy atom. The highest BCUT2D eigenvalue weighted by molar-refractivity contribution is 5.74. The maximum absolute atomic E-state index is 11.5. The maximum atomic E-state index is 11.5. The fourth-order valence-corrected chi connectivity index (χ4v) is 3.81. The van der Waals surface area contributed by atoms with Crippen molar-refractivity contribution in [2.24, 2.45) is 0 Å². The number of carbonyl (C=O) groups excluding carboxylic acids is 2. The van der Waals surface area contributed by atoms with Crippen molar-refractivity contribution < 1.29 is 75.9 Å². The molecular weight excluding hydrogens is 700 g/mol. The third-order valence-electron chi connectivity index (χ3n) is 6.24. The van der Waals surface area contributed by atoms with E-state index < -0.39 is 11.6 Å². The molecule has 16 heteroatoms. The van der Waals surface area contributed by atoms with Crippen LogP contribution in [-0.4, -0.2) is 183 Å². The summed E-state index contributed by atoms with van der Waals surface area (Å²) in [6, 6.07) is 6.92. The van der Waals surface area contributed by atoms with Gasteiger partial charge in [-0.2, -0.15) is 0 Å². The van der Waals surface area contributed by atoms with Crippen LogP contribution in [0.1, 0.15) is 31.1 Å². The van der Waals surface area contributed by atoms with E-state index in [0.29, 0.717) is 170 Å². The highest BCUT2D eigenvalue weighted by Crippen LogP contribution is 2.10. The molecule has 0 N–H and O–H groups in total. The summed E-state index contributed by atoms with van der Waals surface area (Å²) in [5.41, 5.74) is 0.0980. The number of rotatable bonds is 40. The number of esters is 1. The zero-order valence-corrected chi connectivity index (χ0v) is 32.1. The molecule has 0 saturated carbocycles. The summed E-state index contributed by atoms with van der Waals surface area (Å²) < 4.78 is 76.0. The van der Waals surface area contributed by atoms with Crippen LogP contribution in [0.15, 0.2) is 24.3 Å². The molecule has 16 nitrogen and oxygen atoms in total. The first-order valence-corrected chi connectivity index (χ1v) is 18.2. The Balaban J connectivity index is 1.64. The first-order chi connectivity index (χ1) is 25.9. The van der Waals surface area contributed by atoms with Crippen molar-refractivity contribution in [1.29, 1.82) is 0 Å². The Kier molecular flexibility index (Phi) is 33.7. The van der Waals surface area contributed by atoms with Crippen LogP contribution in [0.25, 0.3) is 0 Å². The van der Waals surface area contributed by atoms with Crippen molar-refractivity contribution in [2.45, 2.75) is 26.4 Å². The average Bonchev–Trinajstić information content (AvgIpc) is 3.14. The number of benzene rings is 1. The normalized spacial score (nSPS) is 11.6. The van der Waals surface area contributed by atoms with Crippen LogP contribution in [0, 0.1) is 0 Å². The van der Waals surface area contributed by atoms with Crippen molar-refractivity contribution in [1.82, 2.24) is 0 Å². The average molecular weight is 765 g/mol. The van der Waals surface area contributed by atoms with Gasteiger partial charge in [0, 0.05) is 5.56 Å². The van der Waals surface area contributed by atoms with Gasteiger partial charge in [0.05, 0.1) is 152 Å². The second-order valence-electron chi connectivity index (χ2n) is 11.9. The SMILES string of the molecule is CC(C)(C)OC(=O)COCCOCCOCCOCCOCCOCCOCCOCCOCCOCCOCCOCCOc1ccc(C=O)cc1. The van der Waals surface area contributed by atoms with E-state index in [2.05, 4.69) is 0 Å². The zero-order valence-electron chi connectivity index (χ0n) is 32.1. The van der Waals surface area contributed by atoms with Crippen LogP contribution in [0.4, 0.5) is 0 Å². The van der Waals surface area contributed by atoms with Gasteiger partial charge in [-0.1, -0.05) is 0 Å². The lowest BCUT2D eigenvalue weighted by Crippen LogP contribution is -2.27. The van der Waals surface area contributed by atoms with Crippen LogP contribution in [0.3, 0.4) is 0 Å². The topological polar surface area (TPSA) is 163 Å². The quantitative estimate of drug-likeness (QED) is 0.0544. The first-order valence-electron chi connectivity index (χ1n) is 18.2. The molecule has 0 aliphatic rings. The summed E-state index contributed by atoms with van der Waals surface area (Å²) in [6.07, 6.45) is 0.795. The molecule has 308 valence electrons. The van der Waals surface area contributed by atoms with Crippen molar-refractivity contribution in [3.05, 3.63) is 29.8 Å². The van der Waals surface area contributed by atoms with E-state index in [1.807, 2.05) is 20.8 Å². The summed E-state index contributed by atoms with van der Waals surface area (Å²) in [4.78, 5) is 22.2. The summed E-state index contributed by atoms with van der Waals surface area (Å²) in [6.45, 7) is 16.5. The molecule has 53 heavy (non-hydrogen) atoms. The number of aldehydes is 1. The predicted molar refractivity (Wildman–Crippen MR) is 193 cm³/mol. The molecule has 0 aromatic heterocycles. The Bertz CT molecular complexity index is 944. The van der Waals surface area contributed by atoms with Crippen molar-refractivity contribution >= 4 is 12.3 Å². The van der Waals surface area contributed by atoms with E-state index in [0.717, 1.165) is 6.29 Å². The monoisotopic (exact) mass is 764 g/mol. The lowest BCUT2D eigenvalue weighted by atomic mass is 10.2. The molecule has 1 rings (SSSR count). The molecule has 0 radical (unpaired) electrons. The minimum Gasteiger partial charge on any atom is -0.491 e. The van der Waals surface area contributed by atoms with E-state index in [1.54, 1.807) is 24.3 Å². The van der Waals surface area contributed by atoms with Crippen LogP contribution in [0.2, 0.25) is 0 Å². The standard InChI is InChI=1S/C37H64O16/c1-37(2,3)53-36(39)33-51-29-28-49-25-24-47-21-20-45-17-16-43-13-12-41-9-8-40-10-11-42-14-15-44-18-19-46-22-23-48-26-27-50-30-31-52-35-6-4-34(32-38)5-7-35/h4-7,32H,8-31,33H2,1-3H3. The molecule has 0 atom stereocenters. The molecule has 1 aromatic carbocycles. The van der Waals surface area contributed by atoms with Gasteiger partial charge in [-0.15, -0.1) is 0 Å². The molecule has 0 bridgehead atoms. The lowest BCUT2D eigenvalue weighted by Gasteiger charge is -2.19. The highest BCUT2D eigenvalue weighted by atomic mass is 16.6. The second-order valence-corrected chi connectivity index (χ2v) is 11.9. The molecule has 0 spiro atoms. The van der Waals surface area contributed by atoms with Gasteiger partial charge < -0.3 is 66.3 Å². The van der Waals surface area contributed by atoms with Gasteiger partial charge in [0.15, 0.2) is 0 Å². The molecule has 0 heterocycles. The largest absolute Gasteiger partial charge is 0.491 e. The van der Waals surface area contributed by atoms with E-state index >= 15 is 0 Å². The summed E-state index contributed by atoms with van der Waals surface area (Å²) in [5.74, 6) is 0.309. The molecule has 0 aliphatic carbocycles. The van der Waals surface area contributed by atoms with Gasteiger partial charge in [-0.3, -0.25) is 4.79 Å². The van der Waals surface area contributed by atoms with E-state index in [-0.39, 0.29) is 6.61 Å². The van der Waals surface area contributed by atoms with E-state index in [9.17, 15) is 9.59 Å².